The van der Waals surface area contributed by atoms with E-state index in [9.17, 15) is 0 Å². The van der Waals surface area contributed by atoms with E-state index in [0.29, 0.717) is 49.5 Å². The molecule has 0 bridgehead atoms. The van der Waals surface area contributed by atoms with Gasteiger partial charge < -0.3 is 29.7 Å². The molecule has 4 rings (SSSR count). The van der Waals surface area contributed by atoms with Gasteiger partial charge in [0.25, 0.3) is 5.89 Å². The Morgan fingerprint density at radius 3 is 2.87 bits per heavy atom. The largest absolute Gasteiger partial charge is 0.490 e. The molecule has 31 heavy (non-hydrogen) atoms. The first kappa shape index (κ1) is 21.1. The smallest absolute Gasteiger partial charge is 0.258 e. The van der Waals surface area contributed by atoms with Crippen molar-refractivity contribution in [2.45, 2.75) is 26.3 Å². The summed E-state index contributed by atoms with van der Waals surface area (Å²) in [6.07, 6.45) is 7.12. The van der Waals surface area contributed by atoms with Crippen LogP contribution in [0.15, 0.2) is 52.2 Å². The fraction of sp³-hybridized carbons (Fsp3) is 0.391. The molecule has 0 spiro atoms. The molecule has 1 atom stereocenters. The SMILES string of the molecule is CCOc1ccc(-c2nc(C3=CCC4NC=C(CNCCO)C4=C3)no2)cc1OCC. The van der Waals surface area contributed by atoms with Gasteiger partial charge in [-0.15, -0.1) is 0 Å². The Kier molecular flexibility index (Phi) is 6.69. The minimum Gasteiger partial charge on any atom is -0.490 e. The highest BCUT2D eigenvalue weighted by molar-refractivity contribution is 5.75. The van der Waals surface area contributed by atoms with Crippen LogP contribution < -0.4 is 20.1 Å². The zero-order chi connectivity index (χ0) is 21.6. The highest BCUT2D eigenvalue weighted by Gasteiger charge is 2.26. The van der Waals surface area contributed by atoms with E-state index in [1.54, 1.807) is 0 Å². The standard InChI is InChI=1S/C23H28N4O4/c1-3-29-20-8-6-16(12-21(20)30-4-2)23-26-22(27-31-23)15-5-7-19-18(11-15)17(14-25-19)13-24-9-10-28/h5-6,8,11-12,14,19,24-25,28H,3-4,7,9-10,13H2,1-2H3. The van der Waals surface area contributed by atoms with Crippen molar-refractivity contribution in [1.29, 1.82) is 0 Å². The van der Waals surface area contributed by atoms with E-state index in [1.165, 1.54) is 11.1 Å². The number of ether oxygens (including phenoxy) is 2. The molecular weight excluding hydrogens is 396 g/mol. The molecule has 0 saturated carbocycles. The van der Waals surface area contributed by atoms with Crippen molar-refractivity contribution in [2.24, 2.45) is 0 Å². The van der Waals surface area contributed by atoms with Crippen molar-refractivity contribution in [2.75, 3.05) is 32.9 Å². The highest BCUT2D eigenvalue weighted by Crippen LogP contribution is 2.34. The molecule has 3 N–H and O–H groups in total. The summed E-state index contributed by atoms with van der Waals surface area (Å²) in [4.78, 5) is 4.62. The molecule has 1 aliphatic carbocycles. The molecule has 0 amide bonds. The number of benzene rings is 1. The first-order valence-corrected chi connectivity index (χ1v) is 10.7. The molecule has 0 radical (unpaired) electrons. The number of allylic oxidation sites excluding steroid dienone is 2. The van der Waals surface area contributed by atoms with Gasteiger partial charge in [-0.2, -0.15) is 4.98 Å². The monoisotopic (exact) mass is 424 g/mol. The fourth-order valence-electron chi connectivity index (χ4n) is 3.71. The number of aliphatic hydroxyl groups is 1. The van der Waals surface area contributed by atoms with Crippen molar-refractivity contribution < 1.29 is 19.1 Å². The Bertz CT molecular complexity index is 1010. The van der Waals surface area contributed by atoms with E-state index in [2.05, 4.69) is 32.9 Å². The van der Waals surface area contributed by atoms with E-state index >= 15 is 0 Å². The molecule has 2 aromatic rings. The van der Waals surface area contributed by atoms with Crippen LogP contribution in [0, 0.1) is 0 Å². The van der Waals surface area contributed by atoms with Crippen molar-refractivity contribution >= 4 is 5.57 Å². The van der Waals surface area contributed by atoms with Crippen LogP contribution in [-0.4, -0.2) is 54.2 Å². The number of nitrogens with zero attached hydrogens (tertiary/aromatic N) is 2. The highest BCUT2D eigenvalue weighted by atomic mass is 16.5. The van der Waals surface area contributed by atoms with Gasteiger partial charge in [0, 0.05) is 30.4 Å². The maximum absolute atomic E-state index is 8.99. The topological polar surface area (TPSA) is 102 Å². The third kappa shape index (κ3) is 4.65. The molecule has 8 nitrogen and oxygen atoms in total. The zero-order valence-corrected chi connectivity index (χ0v) is 17.9. The Hall–Kier alpha value is -3.10. The molecule has 0 saturated heterocycles. The number of aromatic nitrogens is 2. The van der Waals surface area contributed by atoms with Gasteiger partial charge in [0.05, 0.1) is 25.9 Å². The number of rotatable bonds is 10. The molecule has 164 valence electrons. The number of nitrogens with one attached hydrogen (secondary N) is 2. The minimum absolute atomic E-state index is 0.122. The van der Waals surface area contributed by atoms with Gasteiger partial charge in [-0.25, -0.2) is 0 Å². The van der Waals surface area contributed by atoms with Crippen molar-refractivity contribution in [1.82, 2.24) is 20.8 Å². The van der Waals surface area contributed by atoms with E-state index in [-0.39, 0.29) is 12.6 Å². The fourth-order valence-corrected chi connectivity index (χ4v) is 3.71. The zero-order valence-electron chi connectivity index (χ0n) is 17.9. The second-order valence-electron chi connectivity index (χ2n) is 7.23. The molecule has 1 aromatic heterocycles. The van der Waals surface area contributed by atoms with Crippen LogP contribution in [-0.2, 0) is 0 Å². The van der Waals surface area contributed by atoms with Crippen LogP contribution in [0.4, 0.5) is 0 Å². The van der Waals surface area contributed by atoms with Crippen molar-refractivity contribution in [3.63, 3.8) is 0 Å². The van der Waals surface area contributed by atoms with Gasteiger partial charge in [-0.05, 0) is 55.7 Å². The molecular formula is C23H28N4O4. The maximum atomic E-state index is 8.99. The lowest BCUT2D eigenvalue weighted by atomic mass is 9.92. The summed E-state index contributed by atoms with van der Waals surface area (Å²) in [5, 5.41) is 19.8. The van der Waals surface area contributed by atoms with E-state index in [0.717, 1.165) is 17.6 Å². The molecule has 0 fully saturated rings. The van der Waals surface area contributed by atoms with Crippen LogP contribution in [0.5, 0.6) is 11.5 Å². The quantitative estimate of drug-likeness (QED) is 0.501. The van der Waals surface area contributed by atoms with Crippen LogP contribution in [0.3, 0.4) is 0 Å². The first-order valence-electron chi connectivity index (χ1n) is 10.7. The number of aliphatic hydroxyl groups excluding tert-OH is 1. The van der Waals surface area contributed by atoms with Crippen molar-refractivity contribution in [3.8, 4) is 23.0 Å². The molecule has 1 unspecified atom stereocenters. The predicted molar refractivity (Wildman–Crippen MR) is 118 cm³/mol. The Morgan fingerprint density at radius 2 is 2.06 bits per heavy atom. The molecule has 1 aliphatic heterocycles. The second kappa shape index (κ2) is 9.80. The summed E-state index contributed by atoms with van der Waals surface area (Å²) in [6.45, 7) is 6.37. The van der Waals surface area contributed by atoms with Gasteiger partial charge in [0.1, 0.15) is 0 Å². The molecule has 8 heteroatoms. The van der Waals surface area contributed by atoms with Gasteiger partial charge in [-0.1, -0.05) is 11.2 Å². The Morgan fingerprint density at radius 1 is 1.23 bits per heavy atom. The summed E-state index contributed by atoms with van der Waals surface area (Å²) >= 11 is 0. The maximum Gasteiger partial charge on any atom is 0.258 e. The number of hydrogen-bond acceptors (Lipinski definition) is 8. The summed E-state index contributed by atoms with van der Waals surface area (Å²) in [5.74, 6) is 2.35. The summed E-state index contributed by atoms with van der Waals surface area (Å²) < 4.78 is 16.9. The van der Waals surface area contributed by atoms with Crippen LogP contribution in [0.2, 0.25) is 0 Å². The van der Waals surface area contributed by atoms with Crippen molar-refractivity contribution in [3.05, 3.63) is 53.5 Å². The third-order valence-corrected chi connectivity index (χ3v) is 5.17. The average Bonchev–Trinajstić information content (AvgIpc) is 3.43. The number of fused-ring (bicyclic) bond motifs is 1. The predicted octanol–water partition coefficient (Wildman–Crippen LogP) is 2.69. The van der Waals surface area contributed by atoms with Crippen LogP contribution >= 0.6 is 0 Å². The van der Waals surface area contributed by atoms with E-state index < -0.39 is 0 Å². The normalized spacial score (nSPS) is 17.4. The second-order valence-corrected chi connectivity index (χ2v) is 7.23. The Balaban J connectivity index is 1.54. The van der Waals surface area contributed by atoms with Gasteiger partial charge >= 0.3 is 0 Å². The summed E-state index contributed by atoms with van der Waals surface area (Å²) in [5.41, 5.74) is 4.12. The Labute approximate surface area is 181 Å². The van der Waals surface area contributed by atoms with Gasteiger partial charge in [0.15, 0.2) is 11.5 Å². The minimum atomic E-state index is 0.122. The first-order chi connectivity index (χ1) is 15.2. The van der Waals surface area contributed by atoms with E-state index in [1.807, 2.05) is 38.2 Å². The average molecular weight is 425 g/mol. The molecule has 2 heterocycles. The van der Waals surface area contributed by atoms with Gasteiger partial charge in [0.2, 0.25) is 5.82 Å². The van der Waals surface area contributed by atoms with Crippen LogP contribution in [0.25, 0.3) is 17.0 Å². The van der Waals surface area contributed by atoms with E-state index in [4.69, 9.17) is 19.1 Å². The number of hydrogen-bond donors (Lipinski definition) is 3. The lowest BCUT2D eigenvalue weighted by molar-refractivity contribution is 0.288. The van der Waals surface area contributed by atoms with Gasteiger partial charge in [-0.3, -0.25) is 0 Å². The summed E-state index contributed by atoms with van der Waals surface area (Å²) in [6, 6.07) is 5.88. The lowest BCUT2D eigenvalue weighted by Gasteiger charge is -2.18. The lowest BCUT2D eigenvalue weighted by Crippen LogP contribution is -2.25. The van der Waals surface area contributed by atoms with Crippen LogP contribution in [0.1, 0.15) is 26.1 Å². The molecule has 2 aliphatic rings. The third-order valence-electron chi connectivity index (χ3n) is 5.17. The summed E-state index contributed by atoms with van der Waals surface area (Å²) in [7, 11) is 0. The molecule has 1 aromatic carbocycles.